The highest BCUT2D eigenvalue weighted by Crippen LogP contribution is 2.26. The Labute approximate surface area is 84.6 Å². The summed E-state index contributed by atoms with van der Waals surface area (Å²) in [7, 11) is 3.89. The molecule has 0 amide bonds. The van der Waals surface area contributed by atoms with Gasteiger partial charge in [0.25, 0.3) is 0 Å². The molecule has 1 fully saturated rings. The molecule has 0 bridgehead atoms. The van der Waals surface area contributed by atoms with Crippen LogP contribution in [0.3, 0.4) is 0 Å². The van der Waals surface area contributed by atoms with Crippen molar-refractivity contribution < 1.29 is 5.11 Å². The molecule has 0 unspecified atom stereocenters. The van der Waals surface area contributed by atoms with Crippen molar-refractivity contribution in [1.82, 2.24) is 4.90 Å². The normalized spacial score (nSPS) is 18.5. The van der Waals surface area contributed by atoms with E-state index in [1.807, 2.05) is 18.2 Å². The van der Waals surface area contributed by atoms with Crippen molar-refractivity contribution in [3.63, 3.8) is 0 Å². The van der Waals surface area contributed by atoms with Crippen LogP contribution in [0.2, 0.25) is 0 Å². The second-order valence-electron chi connectivity index (χ2n) is 3.59. The number of phenols is 1. The highest BCUT2D eigenvalue weighted by Gasteiger charge is 2.13. The molecule has 1 saturated heterocycles. The van der Waals surface area contributed by atoms with Crippen LogP contribution in [-0.2, 0) is 0 Å². The van der Waals surface area contributed by atoms with Crippen LogP contribution in [0.5, 0.6) is 5.75 Å². The van der Waals surface area contributed by atoms with Crippen LogP contribution in [-0.4, -0.2) is 36.2 Å². The van der Waals surface area contributed by atoms with E-state index in [9.17, 15) is 5.11 Å². The lowest BCUT2D eigenvalue weighted by Gasteiger charge is -2.38. The molecule has 1 heterocycles. The summed E-state index contributed by atoms with van der Waals surface area (Å²) >= 11 is 0. The van der Waals surface area contributed by atoms with Gasteiger partial charge in [0.05, 0.1) is 5.69 Å². The Morgan fingerprint density at radius 2 is 1.71 bits per heavy atom. The summed E-state index contributed by atoms with van der Waals surface area (Å²) in [6.45, 7) is 3.77. The predicted octanol–water partition coefficient (Wildman–Crippen LogP) is 1.31. The predicted molar refractivity (Wildman–Crippen MR) is 57.2 cm³/mol. The Morgan fingerprint density at radius 3 is 2.36 bits per heavy atom. The number of hydrogen-bond acceptors (Lipinski definition) is 3. The molecule has 76 valence electrons. The van der Waals surface area contributed by atoms with E-state index < -0.39 is 0 Å². The van der Waals surface area contributed by atoms with Gasteiger partial charge in [-0.1, -0.05) is 12.1 Å². The minimum atomic E-state index is 0.366. The maximum atomic E-state index is 9.66. The Balaban J connectivity index is 2.12. The van der Waals surface area contributed by atoms with Gasteiger partial charge in [-0.2, -0.15) is 0 Å². The molecule has 1 aliphatic rings. The van der Waals surface area contributed by atoms with Gasteiger partial charge in [0.2, 0.25) is 0 Å². The fraction of sp³-hybridized carbons (Fsp3) is 0.364. The number of rotatable bonds is 1. The minimum Gasteiger partial charge on any atom is -0.506 e. The first-order valence-corrected chi connectivity index (χ1v) is 4.86. The molecular formula is C11H15N2O-. The summed E-state index contributed by atoms with van der Waals surface area (Å²) in [5.41, 5.74) is 0.931. The van der Waals surface area contributed by atoms with E-state index >= 15 is 0 Å². The third-order valence-corrected chi connectivity index (χ3v) is 2.59. The summed E-state index contributed by atoms with van der Waals surface area (Å²) < 4.78 is 0. The van der Waals surface area contributed by atoms with E-state index in [0.29, 0.717) is 5.75 Å². The number of anilines is 1. The van der Waals surface area contributed by atoms with E-state index in [2.05, 4.69) is 16.8 Å². The molecule has 1 aromatic carbocycles. The number of hydrogen-bond donors (Lipinski definition) is 1. The Morgan fingerprint density at radius 1 is 1.07 bits per heavy atom. The largest absolute Gasteiger partial charge is 0.506 e. The van der Waals surface area contributed by atoms with Gasteiger partial charge < -0.3 is 14.9 Å². The topological polar surface area (TPSA) is 26.7 Å². The molecule has 0 saturated carbocycles. The van der Waals surface area contributed by atoms with Crippen LogP contribution < -0.4 is 4.90 Å². The van der Waals surface area contributed by atoms with Crippen molar-refractivity contribution in [3.05, 3.63) is 31.3 Å². The first-order valence-electron chi connectivity index (χ1n) is 4.86. The smallest absolute Gasteiger partial charge is 0.138 e. The number of para-hydroxylation sites is 2. The van der Waals surface area contributed by atoms with Crippen molar-refractivity contribution in [3.8, 4) is 5.75 Å². The van der Waals surface area contributed by atoms with Gasteiger partial charge in [-0.05, 0) is 25.2 Å². The van der Waals surface area contributed by atoms with Crippen LogP contribution in [0.1, 0.15) is 0 Å². The van der Waals surface area contributed by atoms with Crippen molar-refractivity contribution >= 4 is 5.69 Å². The van der Waals surface area contributed by atoms with Crippen LogP contribution in [0.25, 0.3) is 0 Å². The quantitative estimate of drug-likeness (QED) is 0.678. The van der Waals surface area contributed by atoms with Gasteiger partial charge in [-0.25, -0.2) is 0 Å². The van der Waals surface area contributed by atoms with Gasteiger partial charge >= 0.3 is 0 Å². The molecule has 0 aromatic heterocycles. The van der Waals surface area contributed by atoms with Gasteiger partial charge in [0.15, 0.2) is 0 Å². The molecule has 3 heteroatoms. The standard InChI is InChI=1S/C11H15N2O/c1-12-6-8-13(9-7-12)10-4-2-3-5-11(10)14/h2-5,14H,1,6-9H2/q-1. The summed E-state index contributed by atoms with van der Waals surface area (Å²) in [5.74, 6) is 0.366. The molecule has 0 spiro atoms. The average molecular weight is 191 g/mol. The molecule has 1 N–H and O–H groups in total. The summed E-state index contributed by atoms with van der Waals surface area (Å²) in [6, 6.07) is 7.47. The number of nitrogens with zero attached hydrogens (tertiary/aromatic N) is 2. The van der Waals surface area contributed by atoms with E-state index in [1.165, 1.54) is 0 Å². The average Bonchev–Trinajstić information content (AvgIpc) is 2.20. The zero-order valence-corrected chi connectivity index (χ0v) is 8.19. The first kappa shape index (κ1) is 9.34. The minimum absolute atomic E-state index is 0.366. The van der Waals surface area contributed by atoms with Gasteiger partial charge in [0, 0.05) is 13.1 Å². The van der Waals surface area contributed by atoms with E-state index in [-0.39, 0.29) is 0 Å². The second-order valence-corrected chi connectivity index (χ2v) is 3.59. The second kappa shape index (κ2) is 3.88. The summed E-state index contributed by atoms with van der Waals surface area (Å²) in [6.07, 6.45) is 0. The SMILES string of the molecule is [CH2-]N1CCN(c2ccccc2O)CC1. The Hall–Kier alpha value is -1.22. The Bertz CT molecular complexity index is 306. The lowest BCUT2D eigenvalue weighted by Crippen LogP contribution is -2.43. The van der Waals surface area contributed by atoms with Crippen molar-refractivity contribution in [2.45, 2.75) is 0 Å². The highest BCUT2D eigenvalue weighted by atomic mass is 16.3. The fourth-order valence-electron chi connectivity index (χ4n) is 1.72. The maximum Gasteiger partial charge on any atom is 0.138 e. The number of benzene rings is 1. The first-order chi connectivity index (χ1) is 6.77. The van der Waals surface area contributed by atoms with Gasteiger partial charge in [-0.3, -0.25) is 7.05 Å². The molecule has 14 heavy (non-hydrogen) atoms. The third-order valence-electron chi connectivity index (χ3n) is 2.59. The third kappa shape index (κ3) is 1.82. The van der Waals surface area contributed by atoms with E-state index in [1.54, 1.807) is 6.07 Å². The van der Waals surface area contributed by atoms with Crippen LogP contribution in [0.4, 0.5) is 5.69 Å². The zero-order chi connectivity index (χ0) is 9.97. The molecule has 0 aliphatic carbocycles. The van der Waals surface area contributed by atoms with Gasteiger partial charge in [-0.15, -0.1) is 0 Å². The van der Waals surface area contributed by atoms with E-state index in [0.717, 1.165) is 31.9 Å². The monoisotopic (exact) mass is 191 g/mol. The fourth-order valence-corrected chi connectivity index (χ4v) is 1.72. The van der Waals surface area contributed by atoms with Gasteiger partial charge in [0.1, 0.15) is 5.75 Å². The zero-order valence-electron chi connectivity index (χ0n) is 8.19. The van der Waals surface area contributed by atoms with Crippen molar-refractivity contribution in [2.75, 3.05) is 31.1 Å². The number of phenolic OH excluding ortho intramolecular Hbond substituents is 1. The van der Waals surface area contributed by atoms with E-state index in [4.69, 9.17) is 0 Å². The summed E-state index contributed by atoms with van der Waals surface area (Å²) in [4.78, 5) is 4.24. The molecule has 3 nitrogen and oxygen atoms in total. The lowest BCUT2D eigenvalue weighted by molar-refractivity contribution is 0.342. The molecule has 0 atom stereocenters. The van der Waals surface area contributed by atoms with Crippen LogP contribution >= 0.6 is 0 Å². The number of aromatic hydroxyl groups is 1. The van der Waals surface area contributed by atoms with Crippen molar-refractivity contribution in [2.24, 2.45) is 0 Å². The molecule has 1 aromatic rings. The lowest BCUT2D eigenvalue weighted by atomic mass is 10.2. The summed E-state index contributed by atoms with van der Waals surface area (Å²) in [5, 5.41) is 9.66. The van der Waals surface area contributed by atoms with Crippen LogP contribution in [0.15, 0.2) is 24.3 Å². The Kier molecular flexibility index (Phi) is 2.59. The molecule has 0 radical (unpaired) electrons. The number of piperazine rings is 1. The highest BCUT2D eigenvalue weighted by molar-refractivity contribution is 5.57. The van der Waals surface area contributed by atoms with Crippen LogP contribution in [0, 0.1) is 7.05 Å². The molecular weight excluding hydrogens is 176 g/mol. The molecule has 2 rings (SSSR count). The molecule has 1 aliphatic heterocycles. The maximum absolute atomic E-state index is 9.66. The van der Waals surface area contributed by atoms with Crippen molar-refractivity contribution in [1.29, 1.82) is 0 Å².